The molecule has 0 radical (unpaired) electrons. The van der Waals surface area contributed by atoms with Crippen LogP contribution in [0.25, 0.3) is 0 Å². The van der Waals surface area contributed by atoms with E-state index < -0.39 is 20.9 Å². The number of hydrogen-bond acceptors (Lipinski definition) is 4. The van der Waals surface area contributed by atoms with Gasteiger partial charge in [-0.3, -0.25) is 0 Å². The second-order valence-corrected chi connectivity index (χ2v) is 14.0. The van der Waals surface area contributed by atoms with E-state index >= 15 is 0 Å². The molecule has 150 valence electrons. The molecule has 0 bridgehead atoms. The fraction of sp³-hybridized carbons (Fsp3) is 0.316. The molecule has 0 spiro atoms. The van der Waals surface area contributed by atoms with Gasteiger partial charge in [0.05, 0.1) is 0 Å². The van der Waals surface area contributed by atoms with Crippen LogP contribution in [0.3, 0.4) is 0 Å². The number of ether oxygens (including phenoxy) is 2. The molecule has 27 heavy (non-hydrogen) atoms. The average molecular weight is 518 g/mol. The number of methoxy groups -OCH3 is 1. The Morgan fingerprint density at radius 1 is 1.11 bits per heavy atom. The zero-order valence-corrected chi connectivity index (χ0v) is 19.7. The van der Waals surface area contributed by atoms with E-state index in [9.17, 15) is 4.57 Å². The summed E-state index contributed by atoms with van der Waals surface area (Å²) in [5, 5.41) is 1.17. The molecule has 0 saturated heterocycles. The van der Waals surface area contributed by atoms with Crippen LogP contribution in [0.1, 0.15) is 26.3 Å². The molecule has 0 heterocycles. The summed E-state index contributed by atoms with van der Waals surface area (Å²) in [5.41, 5.74) is 0.735. The van der Waals surface area contributed by atoms with E-state index in [1.54, 1.807) is 54.2 Å². The molecule has 0 amide bonds. The average Bonchev–Trinajstić information content (AvgIpc) is 2.62. The van der Waals surface area contributed by atoms with E-state index in [0.717, 1.165) is 5.56 Å². The first-order chi connectivity index (χ1) is 12.8. The fourth-order valence-electron chi connectivity index (χ4n) is 2.50. The Hall–Kier alpha value is -0.697. The van der Waals surface area contributed by atoms with Crippen molar-refractivity contribution in [2.75, 3.05) is 13.7 Å². The van der Waals surface area contributed by atoms with Gasteiger partial charge in [0.25, 0.3) is 0 Å². The van der Waals surface area contributed by atoms with Gasteiger partial charge < -0.3 is 0 Å². The van der Waals surface area contributed by atoms with Gasteiger partial charge in [0.2, 0.25) is 0 Å². The van der Waals surface area contributed by atoms with Gasteiger partial charge in [0, 0.05) is 0 Å². The molecule has 4 nitrogen and oxygen atoms in total. The van der Waals surface area contributed by atoms with Gasteiger partial charge in [0.1, 0.15) is 0 Å². The van der Waals surface area contributed by atoms with E-state index in [1.807, 2.05) is 20.8 Å². The van der Waals surface area contributed by atoms with Gasteiger partial charge in [-0.2, -0.15) is 0 Å². The van der Waals surface area contributed by atoms with Crippen LogP contribution in [0.2, 0.25) is 0 Å². The fourth-order valence-corrected chi connectivity index (χ4v) is 6.37. The molecule has 2 aromatic rings. The standard InChI is InChI=1S/C19H23O4P.2ClH.Ru/c1-6-22-24(20,17-9-7-16(21-5)8-10-17)18-11-12-19(15(4)13-18)23-14(2)3;;;/h4,7-14H,6H2,1-3,5H3;2*1H;/q;;;+2/p-2. The molecule has 0 aliphatic carbocycles. The normalized spacial score (nSPS) is 13.8. The number of rotatable bonds is 8. The summed E-state index contributed by atoms with van der Waals surface area (Å²) < 4.78 is 32.4. The predicted molar refractivity (Wildman–Crippen MR) is 111 cm³/mol. The molecule has 2 aromatic carbocycles. The Morgan fingerprint density at radius 3 is 2.26 bits per heavy atom. The van der Waals surface area contributed by atoms with Crippen molar-refractivity contribution in [3.05, 3.63) is 48.0 Å². The molecule has 8 heteroatoms. The molecule has 1 unspecified atom stereocenters. The van der Waals surface area contributed by atoms with Crippen molar-refractivity contribution >= 4 is 42.0 Å². The molecule has 0 aromatic heterocycles. The van der Waals surface area contributed by atoms with E-state index in [-0.39, 0.29) is 6.10 Å². The van der Waals surface area contributed by atoms with Crippen LogP contribution in [0.15, 0.2) is 42.5 Å². The second-order valence-electron chi connectivity index (χ2n) is 5.86. The molecule has 0 aliphatic rings. The van der Waals surface area contributed by atoms with E-state index in [2.05, 4.69) is 0 Å². The Kier molecular flexibility index (Phi) is 8.52. The summed E-state index contributed by atoms with van der Waals surface area (Å²) in [6.45, 7) is 6.02. The van der Waals surface area contributed by atoms with Crippen molar-refractivity contribution in [1.82, 2.24) is 0 Å². The zero-order valence-electron chi connectivity index (χ0n) is 15.6. The summed E-state index contributed by atoms with van der Waals surface area (Å²) in [6, 6.07) is 12.4. The van der Waals surface area contributed by atoms with Crippen LogP contribution in [-0.2, 0) is 22.6 Å². The van der Waals surface area contributed by atoms with E-state index in [4.69, 9.17) is 33.4 Å². The Balaban J connectivity index is 2.58. The number of halogens is 2. The minimum absolute atomic E-state index is 0.00501. The third-order valence-corrected chi connectivity index (χ3v) is 8.00. The molecule has 0 aliphatic heterocycles. The topological polar surface area (TPSA) is 44.8 Å². The van der Waals surface area contributed by atoms with E-state index in [0.29, 0.717) is 28.7 Å². The first-order valence-electron chi connectivity index (χ1n) is 8.33. The zero-order chi connectivity index (χ0) is 20.0. The van der Waals surface area contributed by atoms with Crippen LogP contribution < -0.4 is 20.1 Å². The maximum absolute atomic E-state index is 13.8. The van der Waals surface area contributed by atoms with Gasteiger partial charge in [-0.05, 0) is 0 Å². The third-order valence-electron chi connectivity index (χ3n) is 3.61. The Morgan fingerprint density at radius 2 is 1.74 bits per heavy atom. The van der Waals surface area contributed by atoms with Crippen LogP contribution in [0.4, 0.5) is 0 Å². The molecule has 0 saturated carbocycles. The first kappa shape index (κ1) is 22.6. The quantitative estimate of drug-likeness (QED) is 0.372. The molecular formula is C19H23Cl2O4PRu. The van der Waals surface area contributed by atoms with Gasteiger partial charge >= 0.3 is 174 Å². The monoisotopic (exact) mass is 518 g/mol. The van der Waals surface area contributed by atoms with Crippen molar-refractivity contribution < 1.29 is 32.1 Å². The van der Waals surface area contributed by atoms with Crippen molar-refractivity contribution in [2.45, 2.75) is 26.9 Å². The minimum atomic E-state index is -3.28. The Bertz CT molecular complexity index is 849. The number of hydrogen-bond donors (Lipinski definition) is 0. The summed E-state index contributed by atoms with van der Waals surface area (Å²) in [4.78, 5) is 0. The summed E-state index contributed by atoms with van der Waals surface area (Å²) in [7, 11) is 10.5. The van der Waals surface area contributed by atoms with Crippen molar-refractivity contribution in [1.29, 1.82) is 0 Å². The van der Waals surface area contributed by atoms with Gasteiger partial charge in [-0.25, -0.2) is 0 Å². The molecule has 0 fully saturated rings. The Labute approximate surface area is 173 Å². The van der Waals surface area contributed by atoms with Crippen LogP contribution in [0, 0.1) is 0 Å². The third kappa shape index (κ3) is 5.89. The summed E-state index contributed by atoms with van der Waals surface area (Å²) in [5.74, 6) is 1.35. The molecule has 1 atom stereocenters. The first-order valence-corrected chi connectivity index (χ1v) is 15.4. The second kappa shape index (κ2) is 10.2. The van der Waals surface area contributed by atoms with Crippen LogP contribution in [0.5, 0.6) is 11.5 Å². The van der Waals surface area contributed by atoms with Crippen LogP contribution >= 0.6 is 26.8 Å². The number of benzene rings is 2. The van der Waals surface area contributed by atoms with Crippen molar-refractivity contribution in [3.63, 3.8) is 0 Å². The van der Waals surface area contributed by atoms with E-state index in [1.165, 1.54) is 0 Å². The SMILES string of the molecule is CCOP(=O)(c1ccc(OC)cc1)c1ccc(OC(C)C)c([CH]=[Ru]([Cl])[Cl])c1. The van der Waals surface area contributed by atoms with Crippen molar-refractivity contribution in [3.8, 4) is 11.5 Å². The van der Waals surface area contributed by atoms with Crippen LogP contribution in [-0.4, -0.2) is 24.4 Å². The predicted octanol–water partition coefficient (Wildman–Crippen LogP) is 4.82. The summed E-state index contributed by atoms with van der Waals surface area (Å²) >= 11 is -2.10. The van der Waals surface area contributed by atoms with Gasteiger partial charge in [-0.1, -0.05) is 0 Å². The van der Waals surface area contributed by atoms with Crippen molar-refractivity contribution in [2.24, 2.45) is 0 Å². The molecule has 0 N–H and O–H groups in total. The molecular weight excluding hydrogens is 495 g/mol. The molecule has 2 rings (SSSR count). The maximum atomic E-state index is 13.8. The van der Waals surface area contributed by atoms with Gasteiger partial charge in [-0.15, -0.1) is 0 Å². The summed E-state index contributed by atoms with van der Waals surface area (Å²) in [6.07, 6.45) is -0.00501. The van der Waals surface area contributed by atoms with Gasteiger partial charge in [0.15, 0.2) is 0 Å².